The second-order valence-electron chi connectivity index (χ2n) is 5.00. The number of aromatic nitrogens is 2. The lowest BCUT2D eigenvalue weighted by Gasteiger charge is -2.27. The molecule has 0 aromatic carbocycles. The van der Waals surface area contributed by atoms with E-state index in [0.29, 0.717) is 0 Å². The Bertz CT molecular complexity index is 273. The number of rotatable bonds is 5. The van der Waals surface area contributed by atoms with Gasteiger partial charge in [-0.15, -0.1) is 0 Å². The van der Waals surface area contributed by atoms with E-state index in [2.05, 4.69) is 22.2 Å². The number of nitrogens with one attached hydrogen (secondary N) is 2. The SMILES string of the molecule is CCC1CCC(CNCc2cnc[nH]2)CC1. The highest BCUT2D eigenvalue weighted by Gasteiger charge is 2.19. The highest BCUT2D eigenvalue weighted by atomic mass is 14.9. The van der Waals surface area contributed by atoms with E-state index < -0.39 is 0 Å². The van der Waals surface area contributed by atoms with E-state index in [9.17, 15) is 0 Å². The molecule has 1 aromatic rings. The summed E-state index contributed by atoms with van der Waals surface area (Å²) in [6.45, 7) is 4.41. The summed E-state index contributed by atoms with van der Waals surface area (Å²) in [5, 5.41) is 3.52. The van der Waals surface area contributed by atoms with Crippen LogP contribution in [0.2, 0.25) is 0 Å². The van der Waals surface area contributed by atoms with Gasteiger partial charge in [-0.05, 0) is 31.2 Å². The van der Waals surface area contributed by atoms with Crippen molar-refractivity contribution in [3.05, 3.63) is 18.2 Å². The summed E-state index contributed by atoms with van der Waals surface area (Å²) in [5.74, 6) is 1.90. The molecule has 3 nitrogen and oxygen atoms in total. The molecular weight excluding hydrogens is 198 g/mol. The zero-order valence-electron chi connectivity index (χ0n) is 10.2. The molecule has 0 radical (unpaired) electrons. The summed E-state index contributed by atoms with van der Waals surface area (Å²) in [5.41, 5.74) is 1.18. The molecule has 90 valence electrons. The third kappa shape index (κ3) is 3.34. The Labute approximate surface area is 98.1 Å². The van der Waals surface area contributed by atoms with Crippen molar-refractivity contribution in [2.24, 2.45) is 11.8 Å². The summed E-state index contributed by atoms with van der Waals surface area (Å²) < 4.78 is 0. The zero-order valence-corrected chi connectivity index (χ0v) is 10.2. The molecule has 0 saturated heterocycles. The van der Waals surface area contributed by atoms with Crippen LogP contribution in [0, 0.1) is 11.8 Å². The fraction of sp³-hybridized carbons (Fsp3) is 0.769. The molecule has 1 heterocycles. The zero-order chi connectivity index (χ0) is 11.2. The van der Waals surface area contributed by atoms with Crippen molar-refractivity contribution < 1.29 is 0 Å². The third-order valence-corrected chi connectivity index (χ3v) is 3.85. The molecule has 2 N–H and O–H groups in total. The van der Waals surface area contributed by atoms with Crippen molar-refractivity contribution in [3.8, 4) is 0 Å². The molecule has 1 saturated carbocycles. The summed E-state index contributed by atoms with van der Waals surface area (Å²) in [7, 11) is 0. The molecule has 1 aliphatic rings. The number of hydrogen-bond acceptors (Lipinski definition) is 2. The molecule has 2 rings (SSSR count). The van der Waals surface area contributed by atoms with Crippen molar-refractivity contribution in [3.63, 3.8) is 0 Å². The number of nitrogens with zero attached hydrogens (tertiary/aromatic N) is 1. The minimum Gasteiger partial charge on any atom is -0.347 e. The first-order chi connectivity index (χ1) is 7.88. The Morgan fingerprint density at radius 2 is 2.06 bits per heavy atom. The Morgan fingerprint density at radius 1 is 1.31 bits per heavy atom. The van der Waals surface area contributed by atoms with Crippen molar-refractivity contribution >= 4 is 0 Å². The van der Waals surface area contributed by atoms with Crippen LogP contribution in [0.3, 0.4) is 0 Å². The van der Waals surface area contributed by atoms with Crippen LogP contribution in [0.4, 0.5) is 0 Å². The van der Waals surface area contributed by atoms with Gasteiger partial charge in [-0.2, -0.15) is 0 Å². The third-order valence-electron chi connectivity index (χ3n) is 3.85. The van der Waals surface area contributed by atoms with Crippen LogP contribution in [-0.4, -0.2) is 16.5 Å². The van der Waals surface area contributed by atoms with E-state index in [1.54, 1.807) is 6.33 Å². The second-order valence-corrected chi connectivity index (χ2v) is 5.00. The first-order valence-corrected chi connectivity index (χ1v) is 6.56. The molecule has 0 unspecified atom stereocenters. The van der Waals surface area contributed by atoms with Crippen molar-refractivity contribution in [1.82, 2.24) is 15.3 Å². The maximum Gasteiger partial charge on any atom is 0.0922 e. The van der Waals surface area contributed by atoms with Crippen LogP contribution in [-0.2, 0) is 6.54 Å². The van der Waals surface area contributed by atoms with Crippen molar-refractivity contribution in [2.45, 2.75) is 45.6 Å². The van der Waals surface area contributed by atoms with Gasteiger partial charge in [0.15, 0.2) is 0 Å². The Hall–Kier alpha value is -0.830. The van der Waals surface area contributed by atoms with Gasteiger partial charge in [0, 0.05) is 18.4 Å². The van der Waals surface area contributed by atoms with Gasteiger partial charge in [0.1, 0.15) is 0 Å². The topological polar surface area (TPSA) is 40.7 Å². The predicted octanol–water partition coefficient (Wildman–Crippen LogP) is 2.72. The lowest BCUT2D eigenvalue weighted by atomic mass is 9.81. The van der Waals surface area contributed by atoms with Gasteiger partial charge < -0.3 is 10.3 Å². The smallest absolute Gasteiger partial charge is 0.0922 e. The number of hydrogen-bond donors (Lipinski definition) is 2. The first kappa shape index (κ1) is 11.6. The highest BCUT2D eigenvalue weighted by Crippen LogP contribution is 2.30. The van der Waals surface area contributed by atoms with E-state index in [1.165, 1.54) is 37.8 Å². The molecule has 0 atom stereocenters. The van der Waals surface area contributed by atoms with Gasteiger partial charge in [-0.1, -0.05) is 26.2 Å². The normalized spacial score (nSPS) is 25.8. The van der Waals surface area contributed by atoms with E-state index in [-0.39, 0.29) is 0 Å². The molecule has 1 fully saturated rings. The highest BCUT2D eigenvalue weighted by molar-refractivity contribution is 4.93. The largest absolute Gasteiger partial charge is 0.347 e. The van der Waals surface area contributed by atoms with Gasteiger partial charge in [0.25, 0.3) is 0 Å². The molecule has 1 aromatic heterocycles. The molecule has 0 aliphatic heterocycles. The molecular formula is C13H23N3. The molecule has 0 spiro atoms. The van der Waals surface area contributed by atoms with Crippen LogP contribution < -0.4 is 5.32 Å². The quantitative estimate of drug-likeness (QED) is 0.802. The lowest BCUT2D eigenvalue weighted by Crippen LogP contribution is -2.26. The number of imidazole rings is 1. The Balaban J connectivity index is 1.60. The van der Waals surface area contributed by atoms with E-state index in [0.717, 1.165) is 24.9 Å². The van der Waals surface area contributed by atoms with Gasteiger partial charge in [-0.3, -0.25) is 0 Å². The maximum atomic E-state index is 4.01. The monoisotopic (exact) mass is 221 g/mol. The minimum atomic E-state index is 0.894. The minimum absolute atomic E-state index is 0.894. The van der Waals surface area contributed by atoms with Gasteiger partial charge >= 0.3 is 0 Å². The molecule has 1 aliphatic carbocycles. The first-order valence-electron chi connectivity index (χ1n) is 6.56. The fourth-order valence-corrected chi connectivity index (χ4v) is 2.64. The van der Waals surface area contributed by atoms with Crippen LogP contribution in [0.1, 0.15) is 44.7 Å². The van der Waals surface area contributed by atoms with Crippen LogP contribution in [0.15, 0.2) is 12.5 Å². The Kier molecular flexibility index (Phi) is 4.40. The van der Waals surface area contributed by atoms with Crippen LogP contribution >= 0.6 is 0 Å². The van der Waals surface area contributed by atoms with E-state index >= 15 is 0 Å². The van der Waals surface area contributed by atoms with Crippen molar-refractivity contribution in [1.29, 1.82) is 0 Å². The summed E-state index contributed by atoms with van der Waals surface area (Å²) in [4.78, 5) is 7.13. The average Bonchev–Trinajstić information content (AvgIpc) is 2.83. The van der Waals surface area contributed by atoms with Gasteiger partial charge in [-0.25, -0.2) is 4.98 Å². The van der Waals surface area contributed by atoms with E-state index in [4.69, 9.17) is 0 Å². The number of aromatic amines is 1. The average molecular weight is 221 g/mol. The Morgan fingerprint density at radius 3 is 2.69 bits per heavy atom. The van der Waals surface area contributed by atoms with Gasteiger partial charge in [0.05, 0.1) is 6.33 Å². The standard InChI is InChI=1S/C13H23N3/c1-2-11-3-5-12(6-4-11)7-14-8-13-9-15-10-16-13/h9-12,14H,2-8H2,1H3,(H,15,16). The lowest BCUT2D eigenvalue weighted by molar-refractivity contribution is 0.262. The van der Waals surface area contributed by atoms with Crippen molar-refractivity contribution in [2.75, 3.05) is 6.54 Å². The molecule has 3 heteroatoms. The predicted molar refractivity (Wildman–Crippen MR) is 66.0 cm³/mol. The molecule has 0 bridgehead atoms. The molecule has 16 heavy (non-hydrogen) atoms. The summed E-state index contributed by atoms with van der Waals surface area (Å²) >= 11 is 0. The molecule has 0 amide bonds. The van der Waals surface area contributed by atoms with E-state index in [1.807, 2.05) is 6.20 Å². The summed E-state index contributed by atoms with van der Waals surface area (Å²) in [6, 6.07) is 0. The fourth-order valence-electron chi connectivity index (χ4n) is 2.64. The van der Waals surface area contributed by atoms with Gasteiger partial charge in [0.2, 0.25) is 0 Å². The maximum absolute atomic E-state index is 4.01. The second kappa shape index (κ2) is 6.04. The number of H-pyrrole nitrogens is 1. The van der Waals surface area contributed by atoms with Crippen LogP contribution in [0.25, 0.3) is 0 Å². The van der Waals surface area contributed by atoms with Crippen LogP contribution in [0.5, 0.6) is 0 Å². The summed E-state index contributed by atoms with van der Waals surface area (Å²) in [6.07, 6.45) is 10.7.